The fourth-order valence-electron chi connectivity index (χ4n) is 2.18. The molecule has 0 bridgehead atoms. The molecule has 1 aliphatic rings. The Kier molecular flexibility index (Phi) is 4.19. The van der Waals surface area contributed by atoms with Gasteiger partial charge in [-0.1, -0.05) is 0 Å². The number of hydrogen-bond donors (Lipinski definition) is 1. The number of halogens is 2. The van der Waals surface area contributed by atoms with Gasteiger partial charge in [-0.2, -0.15) is 0 Å². The average Bonchev–Trinajstić information content (AvgIpc) is 2.41. The highest BCUT2D eigenvalue weighted by molar-refractivity contribution is 9.10. The Morgan fingerprint density at radius 2 is 1.95 bits per heavy atom. The van der Waals surface area contributed by atoms with Crippen molar-refractivity contribution in [2.45, 2.75) is 12.8 Å². The Balaban J connectivity index is 2.05. The predicted octanol–water partition coefficient (Wildman–Crippen LogP) is 1.93. The Morgan fingerprint density at radius 3 is 2.47 bits per heavy atom. The Hall–Kier alpha value is -1.43. The average molecular weight is 329 g/mol. The van der Waals surface area contributed by atoms with Crippen LogP contribution in [0.1, 0.15) is 23.2 Å². The number of amides is 2. The summed E-state index contributed by atoms with van der Waals surface area (Å²) >= 11 is 3.06. The summed E-state index contributed by atoms with van der Waals surface area (Å²) in [5, 5.41) is 0. The zero-order valence-corrected chi connectivity index (χ0v) is 11.8. The van der Waals surface area contributed by atoms with Crippen LogP contribution in [0.15, 0.2) is 22.7 Å². The van der Waals surface area contributed by atoms with Crippen LogP contribution in [-0.4, -0.2) is 29.8 Å². The van der Waals surface area contributed by atoms with Crippen LogP contribution in [0.25, 0.3) is 0 Å². The quantitative estimate of drug-likeness (QED) is 0.901. The van der Waals surface area contributed by atoms with Crippen molar-refractivity contribution in [2.24, 2.45) is 11.7 Å². The molecule has 0 radical (unpaired) electrons. The Bertz CT molecular complexity index is 513. The molecular formula is C13H14BrFN2O2. The van der Waals surface area contributed by atoms with E-state index < -0.39 is 5.82 Å². The topological polar surface area (TPSA) is 63.4 Å². The van der Waals surface area contributed by atoms with Crippen molar-refractivity contribution in [3.05, 3.63) is 34.1 Å². The van der Waals surface area contributed by atoms with Gasteiger partial charge in [0.05, 0.1) is 4.47 Å². The zero-order chi connectivity index (χ0) is 14.0. The van der Waals surface area contributed by atoms with Crippen LogP contribution in [-0.2, 0) is 4.79 Å². The van der Waals surface area contributed by atoms with Crippen LogP contribution >= 0.6 is 15.9 Å². The van der Waals surface area contributed by atoms with Crippen LogP contribution in [0.2, 0.25) is 0 Å². The molecule has 1 saturated heterocycles. The first-order chi connectivity index (χ1) is 8.99. The van der Waals surface area contributed by atoms with Crippen LogP contribution in [0.4, 0.5) is 4.39 Å². The first kappa shape index (κ1) is 14.0. The number of carbonyl (C=O) groups is 2. The largest absolute Gasteiger partial charge is 0.369 e. The highest BCUT2D eigenvalue weighted by Crippen LogP contribution is 2.21. The molecule has 1 heterocycles. The highest BCUT2D eigenvalue weighted by atomic mass is 79.9. The van der Waals surface area contributed by atoms with Crippen molar-refractivity contribution >= 4 is 27.7 Å². The molecule has 1 aliphatic heterocycles. The molecule has 0 aliphatic carbocycles. The van der Waals surface area contributed by atoms with Gasteiger partial charge in [0.2, 0.25) is 5.91 Å². The van der Waals surface area contributed by atoms with Gasteiger partial charge >= 0.3 is 0 Å². The van der Waals surface area contributed by atoms with E-state index in [0.717, 1.165) is 0 Å². The second kappa shape index (κ2) is 5.69. The van der Waals surface area contributed by atoms with Gasteiger partial charge in [-0.15, -0.1) is 0 Å². The lowest BCUT2D eigenvalue weighted by Crippen LogP contribution is -2.41. The number of nitrogens with two attached hydrogens (primary N) is 1. The minimum Gasteiger partial charge on any atom is -0.369 e. The van der Waals surface area contributed by atoms with Crippen molar-refractivity contribution in [1.29, 1.82) is 0 Å². The van der Waals surface area contributed by atoms with Crippen molar-refractivity contribution in [1.82, 2.24) is 4.90 Å². The lowest BCUT2D eigenvalue weighted by atomic mass is 9.96. The monoisotopic (exact) mass is 328 g/mol. The van der Waals surface area contributed by atoms with E-state index in [1.807, 2.05) is 0 Å². The van der Waals surface area contributed by atoms with E-state index in [4.69, 9.17) is 5.73 Å². The summed E-state index contributed by atoms with van der Waals surface area (Å²) in [6.07, 6.45) is 1.17. The number of nitrogens with zero attached hydrogens (tertiary/aromatic N) is 1. The fourth-order valence-corrected chi connectivity index (χ4v) is 2.56. The second-order valence-corrected chi connectivity index (χ2v) is 5.45. The summed E-state index contributed by atoms with van der Waals surface area (Å²) in [5.41, 5.74) is 5.68. The molecule has 1 aromatic rings. The molecule has 1 fully saturated rings. The third-order valence-electron chi connectivity index (χ3n) is 3.35. The van der Waals surface area contributed by atoms with Gasteiger partial charge < -0.3 is 10.6 Å². The number of likely N-dealkylation sites (tertiary alicyclic amines) is 1. The molecule has 19 heavy (non-hydrogen) atoms. The van der Waals surface area contributed by atoms with Gasteiger partial charge in [-0.3, -0.25) is 9.59 Å². The molecule has 0 saturated carbocycles. The highest BCUT2D eigenvalue weighted by Gasteiger charge is 2.26. The molecule has 102 valence electrons. The Labute approximate surface area is 118 Å². The molecule has 1 aromatic carbocycles. The smallest absolute Gasteiger partial charge is 0.253 e. The van der Waals surface area contributed by atoms with Crippen molar-refractivity contribution in [3.63, 3.8) is 0 Å². The van der Waals surface area contributed by atoms with Crippen molar-refractivity contribution < 1.29 is 14.0 Å². The number of benzene rings is 1. The first-order valence-corrected chi connectivity index (χ1v) is 6.82. The molecule has 0 atom stereocenters. The van der Waals surface area contributed by atoms with Crippen LogP contribution in [0, 0.1) is 11.7 Å². The van der Waals surface area contributed by atoms with Gasteiger partial charge in [-0.25, -0.2) is 4.39 Å². The van der Waals surface area contributed by atoms with Crippen molar-refractivity contribution in [2.75, 3.05) is 13.1 Å². The van der Waals surface area contributed by atoms with E-state index >= 15 is 0 Å². The fraction of sp³-hybridized carbons (Fsp3) is 0.385. The Morgan fingerprint density at radius 1 is 1.32 bits per heavy atom. The zero-order valence-electron chi connectivity index (χ0n) is 10.2. The third kappa shape index (κ3) is 3.12. The maximum atomic E-state index is 13.1. The third-order valence-corrected chi connectivity index (χ3v) is 3.96. The number of primary amides is 1. The van der Waals surface area contributed by atoms with Gasteiger partial charge in [0.15, 0.2) is 0 Å². The molecular weight excluding hydrogens is 315 g/mol. The predicted molar refractivity (Wildman–Crippen MR) is 71.9 cm³/mol. The number of carbonyl (C=O) groups excluding carboxylic acids is 2. The maximum absolute atomic E-state index is 13.1. The second-order valence-electron chi connectivity index (χ2n) is 4.60. The summed E-state index contributed by atoms with van der Waals surface area (Å²) in [6.45, 7) is 1.00. The van der Waals surface area contributed by atoms with Crippen LogP contribution in [0.5, 0.6) is 0 Å². The first-order valence-electron chi connectivity index (χ1n) is 6.02. The molecule has 0 aromatic heterocycles. The van der Waals surface area contributed by atoms with Crippen molar-refractivity contribution in [3.8, 4) is 0 Å². The summed E-state index contributed by atoms with van der Waals surface area (Å²) < 4.78 is 13.4. The van der Waals surface area contributed by atoms with Gasteiger partial charge in [0.25, 0.3) is 5.91 Å². The lowest BCUT2D eigenvalue weighted by molar-refractivity contribution is -0.123. The van der Waals surface area contributed by atoms with Gasteiger partial charge in [-0.05, 0) is 47.0 Å². The summed E-state index contributed by atoms with van der Waals surface area (Å²) in [7, 11) is 0. The molecule has 4 nitrogen and oxygen atoms in total. The van der Waals surface area contributed by atoms with E-state index in [9.17, 15) is 14.0 Å². The normalized spacial score (nSPS) is 16.4. The summed E-state index contributed by atoms with van der Waals surface area (Å²) in [4.78, 5) is 24.9. The molecule has 2 N–H and O–H groups in total. The SMILES string of the molecule is NC(=O)C1CCN(C(=O)c2ccc(F)c(Br)c2)CC1. The van der Waals surface area contributed by atoms with E-state index in [1.54, 1.807) is 4.90 Å². The van der Waals surface area contributed by atoms with E-state index in [-0.39, 0.29) is 22.2 Å². The summed E-state index contributed by atoms with van der Waals surface area (Å²) in [6, 6.07) is 4.19. The minimum atomic E-state index is -0.399. The van der Waals surface area contributed by atoms with Gasteiger partial charge in [0.1, 0.15) is 5.82 Å². The number of hydrogen-bond acceptors (Lipinski definition) is 2. The van der Waals surface area contributed by atoms with Gasteiger partial charge in [0, 0.05) is 24.6 Å². The standard InChI is InChI=1S/C13H14BrFN2O2/c14-10-7-9(1-2-11(10)15)13(19)17-5-3-8(4-6-17)12(16)18/h1-2,7-8H,3-6H2,(H2,16,18). The van der Waals surface area contributed by atoms with E-state index in [1.165, 1.54) is 18.2 Å². The molecule has 2 rings (SSSR count). The maximum Gasteiger partial charge on any atom is 0.253 e. The summed E-state index contributed by atoms with van der Waals surface area (Å²) in [5.74, 6) is -1.01. The van der Waals surface area contributed by atoms with Crippen LogP contribution < -0.4 is 5.73 Å². The number of piperidine rings is 1. The molecule has 0 spiro atoms. The number of rotatable bonds is 2. The van der Waals surface area contributed by atoms with E-state index in [0.29, 0.717) is 31.5 Å². The van der Waals surface area contributed by atoms with Crippen LogP contribution in [0.3, 0.4) is 0 Å². The molecule has 2 amide bonds. The minimum absolute atomic E-state index is 0.149. The molecule has 0 unspecified atom stereocenters. The molecule has 6 heteroatoms. The lowest BCUT2D eigenvalue weighted by Gasteiger charge is -2.30. The van der Waals surface area contributed by atoms with E-state index in [2.05, 4.69) is 15.9 Å².